The van der Waals surface area contributed by atoms with E-state index in [4.69, 9.17) is 4.74 Å². The first-order valence-electron chi connectivity index (χ1n) is 5.42. The van der Waals surface area contributed by atoms with Crippen molar-refractivity contribution in [1.82, 2.24) is 15.2 Å². The summed E-state index contributed by atoms with van der Waals surface area (Å²) in [5.41, 5.74) is 2.11. The standard InChI is InChI=1S/C12H11N3O2/c1-2-17-12(16)11-8-4-3-7-5-6-13-9(7)10(8)14-15-11/h3-6,13H,2H2,1H3,(H,14,15). The molecule has 0 radical (unpaired) electrons. The maximum Gasteiger partial charge on any atom is 0.359 e. The summed E-state index contributed by atoms with van der Waals surface area (Å²) in [6.45, 7) is 2.12. The molecule has 5 heteroatoms. The van der Waals surface area contributed by atoms with E-state index in [-0.39, 0.29) is 0 Å². The second-order valence-electron chi connectivity index (χ2n) is 3.72. The Balaban J connectivity index is 2.25. The molecule has 3 aromatic rings. The predicted molar refractivity (Wildman–Crippen MR) is 63.9 cm³/mol. The molecule has 0 saturated heterocycles. The van der Waals surface area contributed by atoms with Gasteiger partial charge in [-0.25, -0.2) is 4.79 Å². The summed E-state index contributed by atoms with van der Waals surface area (Å²) in [7, 11) is 0. The van der Waals surface area contributed by atoms with Crippen LogP contribution < -0.4 is 0 Å². The number of hydrogen-bond donors (Lipinski definition) is 2. The highest BCUT2D eigenvalue weighted by Crippen LogP contribution is 2.24. The van der Waals surface area contributed by atoms with Crippen molar-refractivity contribution >= 4 is 27.8 Å². The number of carbonyl (C=O) groups is 1. The van der Waals surface area contributed by atoms with Crippen LogP contribution >= 0.6 is 0 Å². The van der Waals surface area contributed by atoms with Crippen LogP contribution in [0.25, 0.3) is 21.8 Å². The highest BCUT2D eigenvalue weighted by atomic mass is 16.5. The number of esters is 1. The second kappa shape index (κ2) is 3.62. The van der Waals surface area contributed by atoms with Crippen LogP contribution in [0.3, 0.4) is 0 Å². The quantitative estimate of drug-likeness (QED) is 0.662. The summed E-state index contributed by atoms with van der Waals surface area (Å²) >= 11 is 0. The van der Waals surface area contributed by atoms with E-state index in [1.54, 1.807) is 6.92 Å². The van der Waals surface area contributed by atoms with E-state index in [1.807, 2.05) is 24.4 Å². The smallest absolute Gasteiger partial charge is 0.359 e. The number of hydrogen-bond acceptors (Lipinski definition) is 3. The Kier molecular flexibility index (Phi) is 2.11. The minimum Gasteiger partial charge on any atom is -0.461 e. The number of H-pyrrole nitrogens is 2. The van der Waals surface area contributed by atoms with Gasteiger partial charge >= 0.3 is 5.97 Å². The van der Waals surface area contributed by atoms with Gasteiger partial charge in [0, 0.05) is 17.0 Å². The van der Waals surface area contributed by atoms with Crippen molar-refractivity contribution in [3.63, 3.8) is 0 Å². The Morgan fingerprint density at radius 3 is 3.06 bits per heavy atom. The molecule has 2 N–H and O–H groups in total. The SMILES string of the molecule is CCOC(=O)c1n[nH]c2c1ccc1cc[nH]c12. The van der Waals surface area contributed by atoms with Gasteiger partial charge in [-0.2, -0.15) is 5.10 Å². The van der Waals surface area contributed by atoms with Crippen molar-refractivity contribution in [1.29, 1.82) is 0 Å². The van der Waals surface area contributed by atoms with Gasteiger partial charge in [0.1, 0.15) is 0 Å². The number of benzene rings is 1. The minimum atomic E-state index is -0.398. The molecule has 86 valence electrons. The second-order valence-corrected chi connectivity index (χ2v) is 3.72. The van der Waals surface area contributed by atoms with Crippen LogP contribution in [-0.4, -0.2) is 27.8 Å². The molecule has 17 heavy (non-hydrogen) atoms. The van der Waals surface area contributed by atoms with E-state index >= 15 is 0 Å². The lowest BCUT2D eigenvalue weighted by atomic mass is 10.1. The highest BCUT2D eigenvalue weighted by molar-refractivity contribution is 6.10. The van der Waals surface area contributed by atoms with E-state index in [0.29, 0.717) is 12.3 Å². The van der Waals surface area contributed by atoms with Crippen molar-refractivity contribution in [2.75, 3.05) is 6.61 Å². The average Bonchev–Trinajstić information content (AvgIpc) is 2.94. The lowest BCUT2D eigenvalue weighted by Crippen LogP contribution is -2.05. The first-order chi connectivity index (χ1) is 8.31. The lowest BCUT2D eigenvalue weighted by Gasteiger charge is -1.98. The predicted octanol–water partition coefficient (Wildman–Crippen LogP) is 2.22. The van der Waals surface area contributed by atoms with Gasteiger partial charge in [0.25, 0.3) is 0 Å². The summed E-state index contributed by atoms with van der Waals surface area (Å²) in [6.07, 6.45) is 1.86. The fourth-order valence-corrected chi connectivity index (χ4v) is 1.97. The normalized spacial score (nSPS) is 11.1. The zero-order valence-corrected chi connectivity index (χ0v) is 9.28. The van der Waals surface area contributed by atoms with Gasteiger partial charge in [-0.1, -0.05) is 6.07 Å². The third-order valence-electron chi connectivity index (χ3n) is 2.73. The Labute approximate surface area is 96.8 Å². The van der Waals surface area contributed by atoms with Gasteiger partial charge in [-0.05, 0) is 19.1 Å². The van der Waals surface area contributed by atoms with E-state index < -0.39 is 5.97 Å². The largest absolute Gasteiger partial charge is 0.461 e. The monoisotopic (exact) mass is 229 g/mol. The van der Waals surface area contributed by atoms with Crippen molar-refractivity contribution in [3.8, 4) is 0 Å². The van der Waals surface area contributed by atoms with Gasteiger partial charge < -0.3 is 9.72 Å². The lowest BCUT2D eigenvalue weighted by molar-refractivity contribution is 0.0521. The topological polar surface area (TPSA) is 70.8 Å². The molecule has 0 aliphatic carbocycles. The molecule has 0 amide bonds. The molecule has 2 heterocycles. The van der Waals surface area contributed by atoms with Crippen LogP contribution in [0.4, 0.5) is 0 Å². The molecule has 0 bridgehead atoms. The molecule has 3 rings (SSSR count). The number of nitrogens with zero attached hydrogens (tertiary/aromatic N) is 1. The number of aromatic amines is 2. The third kappa shape index (κ3) is 1.39. The van der Waals surface area contributed by atoms with Gasteiger partial charge in [0.15, 0.2) is 5.69 Å². The molecule has 0 fully saturated rings. The van der Waals surface area contributed by atoms with Crippen LogP contribution in [-0.2, 0) is 4.74 Å². The molecule has 5 nitrogen and oxygen atoms in total. The third-order valence-corrected chi connectivity index (χ3v) is 2.73. The zero-order valence-electron chi connectivity index (χ0n) is 9.28. The summed E-state index contributed by atoms with van der Waals surface area (Å²) in [5.74, 6) is -0.398. The molecule has 0 atom stereocenters. The van der Waals surface area contributed by atoms with Gasteiger partial charge in [0.2, 0.25) is 0 Å². The van der Waals surface area contributed by atoms with E-state index in [1.165, 1.54) is 0 Å². The Bertz CT molecular complexity index is 696. The number of nitrogens with one attached hydrogen (secondary N) is 2. The van der Waals surface area contributed by atoms with Gasteiger partial charge in [0.05, 0.1) is 17.6 Å². The zero-order chi connectivity index (χ0) is 11.8. The fraction of sp³-hybridized carbons (Fsp3) is 0.167. The van der Waals surface area contributed by atoms with Crippen LogP contribution in [0.15, 0.2) is 24.4 Å². The summed E-state index contributed by atoms with van der Waals surface area (Å²) in [5, 5.41) is 8.75. The molecular weight excluding hydrogens is 218 g/mol. The number of rotatable bonds is 2. The molecule has 0 aliphatic rings. The van der Waals surface area contributed by atoms with Gasteiger partial charge in [-0.15, -0.1) is 0 Å². The van der Waals surface area contributed by atoms with Crippen molar-refractivity contribution < 1.29 is 9.53 Å². The molecule has 2 aromatic heterocycles. The Morgan fingerprint density at radius 2 is 2.24 bits per heavy atom. The number of aromatic nitrogens is 3. The first kappa shape index (κ1) is 9.89. The summed E-state index contributed by atoms with van der Waals surface area (Å²) in [6, 6.07) is 5.80. The molecule has 0 unspecified atom stereocenters. The molecule has 0 spiro atoms. The van der Waals surface area contributed by atoms with Gasteiger partial charge in [-0.3, -0.25) is 5.10 Å². The molecule has 0 aliphatic heterocycles. The average molecular weight is 229 g/mol. The molecule has 0 saturated carbocycles. The Hall–Kier alpha value is -2.30. The highest BCUT2D eigenvalue weighted by Gasteiger charge is 2.16. The summed E-state index contributed by atoms with van der Waals surface area (Å²) < 4.78 is 4.96. The molecule has 1 aromatic carbocycles. The first-order valence-corrected chi connectivity index (χ1v) is 5.42. The van der Waals surface area contributed by atoms with E-state index in [9.17, 15) is 4.79 Å². The van der Waals surface area contributed by atoms with Crippen LogP contribution in [0.2, 0.25) is 0 Å². The van der Waals surface area contributed by atoms with Crippen molar-refractivity contribution in [3.05, 3.63) is 30.1 Å². The van der Waals surface area contributed by atoms with E-state index in [0.717, 1.165) is 21.8 Å². The minimum absolute atomic E-state index is 0.332. The van der Waals surface area contributed by atoms with Crippen LogP contribution in [0.1, 0.15) is 17.4 Å². The van der Waals surface area contributed by atoms with E-state index in [2.05, 4.69) is 15.2 Å². The summed E-state index contributed by atoms with van der Waals surface area (Å²) in [4.78, 5) is 14.8. The van der Waals surface area contributed by atoms with Crippen LogP contribution in [0, 0.1) is 0 Å². The molecular formula is C12H11N3O2. The number of carbonyl (C=O) groups excluding carboxylic acids is 1. The Morgan fingerprint density at radius 1 is 1.35 bits per heavy atom. The number of ether oxygens (including phenoxy) is 1. The number of fused-ring (bicyclic) bond motifs is 3. The maximum atomic E-state index is 11.7. The fourth-order valence-electron chi connectivity index (χ4n) is 1.97. The maximum absolute atomic E-state index is 11.7. The van der Waals surface area contributed by atoms with Crippen molar-refractivity contribution in [2.24, 2.45) is 0 Å². The van der Waals surface area contributed by atoms with Crippen molar-refractivity contribution in [2.45, 2.75) is 6.92 Å². The van der Waals surface area contributed by atoms with Crippen LogP contribution in [0.5, 0.6) is 0 Å².